The lowest BCUT2D eigenvalue weighted by Crippen LogP contribution is -2.44. The number of amides is 3. The molecule has 0 bridgehead atoms. The molecule has 0 unspecified atom stereocenters. The van der Waals surface area contributed by atoms with Crippen molar-refractivity contribution < 1.29 is 31.9 Å². The van der Waals surface area contributed by atoms with E-state index in [2.05, 4.69) is 10.1 Å². The van der Waals surface area contributed by atoms with Crippen molar-refractivity contribution >= 4 is 27.9 Å². The summed E-state index contributed by atoms with van der Waals surface area (Å²) in [5.41, 5.74) is -0.646. The van der Waals surface area contributed by atoms with E-state index in [0.717, 1.165) is 22.5 Å². The predicted molar refractivity (Wildman–Crippen MR) is 89.4 cm³/mol. The van der Waals surface area contributed by atoms with Gasteiger partial charge in [0.25, 0.3) is 5.91 Å². The van der Waals surface area contributed by atoms with Crippen LogP contribution >= 0.6 is 0 Å². The largest absolute Gasteiger partial charge is 0.452 e. The Hall–Kier alpha value is -2.53. The topological polar surface area (TPSA) is 122 Å². The van der Waals surface area contributed by atoms with Gasteiger partial charge in [-0.1, -0.05) is 0 Å². The van der Waals surface area contributed by atoms with Crippen molar-refractivity contribution in [3.05, 3.63) is 29.6 Å². The number of carbonyl (C=O) groups excluding carboxylic acids is 3. The molecule has 9 nitrogen and oxygen atoms in total. The first-order valence-electron chi connectivity index (χ1n) is 7.44. The molecule has 1 aromatic carbocycles. The minimum atomic E-state index is -3.88. The lowest BCUT2D eigenvalue weighted by atomic mass is 10.2. The highest BCUT2D eigenvalue weighted by Gasteiger charge is 2.22. The molecule has 0 heterocycles. The third kappa shape index (κ3) is 5.77. The van der Waals surface area contributed by atoms with Crippen LogP contribution in [-0.4, -0.2) is 57.4 Å². The number of esters is 1. The van der Waals surface area contributed by atoms with Crippen LogP contribution < -0.4 is 10.6 Å². The van der Waals surface area contributed by atoms with Crippen molar-refractivity contribution in [1.29, 1.82) is 0 Å². The summed E-state index contributed by atoms with van der Waals surface area (Å²) in [6.45, 7) is 2.53. The zero-order valence-electron chi connectivity index (χ0n) is 14.7. The van der Waals surface area contributed by atoms with Crippen LogP contribution in [0.3, 0.4) is 0 Å². The standard InChI is InChI=1S/C15H20FN3O6S/c1-9(2)17-15(22)18-13(20)8-25-14(21)11-7-10(5-6-12(11)16)26(23,24)19(3)4/h5-7,9H,8H2,1-4H3,(H2,17,18,20,22). The summed E-state index contributed by atoms with van der Waals surface area (Å²) in [5.74, 6) is -3.17. The van der Waals surface area contributed by atoms with Crippen LogP contribution in [0.1, 0.15) is 24.2 Å². The van der Waals surface area contributed by atoms with Crippen LogP contribution in [0.25, 0.3) is 0 Å². The highest BCUT2D eigenvalue weighted by Crippen LogP contribution is 2.18. The minimum Gasteiger partial charge on any atom is -0.452 e. The van der Waals surface area contributed by atoms with Crippen molar-refractivity contribution in [3.8, 4) is 0 Å². The molecule has 0 saturated heterocycles. The molecule has 0 fully saturated rings. The van der Waals surface area contributed by atoms with Gasteiger partial charge in [0.1, 0.15) is 5.82 Å². The third-order valence-corrected chi connectivity index (χ3v) is 4.75. The van der Waals surface area contributed by atoms with E-state index in [1.807, 2.05) is 5.32 Å². The quantitative estimate of drug-likeness (QED) is 0.682. The molecule has 0 radical (unpaired) electrons. The van der Waals surface area contributed by atoms with Gasteiger partial charge in [0, 0.05) is 20.1 Å². The number of nitrogens with zero attached hydrogens (tertiary/aromatic N) is 1. The monoisotopic (exact) mass is 389 g/mol. The number of imide groups is 1. The smallest absolute Gasteiger partial charge is 0.341 e. The zero-order chi connectivity index (χ0) is 20.1. The van der Waals surface area contributed by atoms with E-state index in [1.54, 1.807) is 13.8 Å². The molecule has 0 spiro atoms. The summed E-state index contributed by atoms with van der Waals surface area (Å²) in [7, 11) is -1.32. The SMILES string of the molecule is CC(C)NC(=O)NC(=O)COC(=O)c1cc(S(=O)(=O)N(C)C)ccc1F. The van der Waals surface area contributed by atoms with Gasteiger partial charge in [-0.2, -0.15) is 0 Å². The van der Waals surface area contributed by atoms with E-state index in [0.29, 0.717) is 0 Å². The normalized spacial score (nSPS) is 11.3. The van der Waals surface area contributed by atoms with Crippen molar-refractivity contribution in [3.63, 3.8) is 0 Å². The fourth-order valence-electron chi connectivity index (χ4n) is 1.70. The van der Waals surface area contributed by atoms with Crippen molar-refractivity contribution in [2.45, 2.75) is 24.8 Å². The summed E-state index contributed by atoms with van der Waals surface area (Å²) in [6.07, 6.45) is 0. The molecule has 0 atom stereocenters. The van der Waals surface area contributed by atoms with Crippen LogP contribution in [-0.2, 0) is 19.6 Å². The van der Waals surface area contributed by atoms with E-state index >= 15 is 0 Å². The van der Waals surface area contributed by atoms with Gasteiger partial charge in [-0.05, 0) is 32.0 Å². The van der Waals surface area contributed by atoms with Crippen molar-refractivity contribution in [2.24, 2.45) is 0 Å². The molecule has 0 aliphatic rings. The van der Waals surface area contributed by atoms with E-state index < -0.39 is 45.9 Å². The number of hydrogen-bond acceptors (Lipinski definition) is 6. The van der Waals surface area contributed by atoms with Crippen LogP contribution in [0.4, 0.5) is 9.18 Å². The first-order chi connectivity index (χ1) is 11.9. The highest BCUT2D eigenvalue weighted by atomic mass is 32.2. The molecule has 1 aromatic rings. The molecule has 0 aliphatic heterocycles. The van der Waals surface area contributed by atoms with Gasteiger partial charge in [-0.15, -0.1) is 0 Å². The number of halogens is 1. The van der Waals surface area contributed by atoms with E-state index in [1.165, 1.54) is 14.1 Å². The van der Waals surface area contributed by atoms with Gasteiger partial charge in [0.05, 0.1) is 10.5 Å². The Balaban J connectivity index is 2.82. The Morgan fingerprint density at radius 1 is 1.23 bits per heavy atom. The van der Waals surface area contributed by atoms with Crippen LogP contribution in [0.2, 0.25) is 0 Å². The maximum Gasteiger partial charge on any atom is 0.341 e. The van der Waals surface area contributed by atoms with Gasteiger partial charge in [0.15, 0.2) is 6.61 Å². The molecular formula is C15H20FN3O6S. The average molecular weight is 389 g/mol. The molecule has 3 amide bonds. The second kappa shape index (κ2) is 8.72. The second-order valence-corrected chi connectivity index (χ2v) is 7.83. The fourth-order valence-corrected chi connectivity index (χ4v) is 2.63. The summed E-state index contributed by atoms with van der Waals surface area (Å²) in [6, 6.07) is 1.65. The Morgan fingerprint density at radius 2 is 1.85 bits per heavy atom. The summed E-state index contributed by atoms with van der Waals surface area (Å²) in [5, 5.41) is 4.31. The number of hydrogen-bond donors (Lipinski definition) is 2. The van der Waals surface area contributed by atoms with Gasteiger partial charge in [-0.25, -0.2) is 26.7 Å². The summed E-state index contributed by atoms with van der Waals surface area (Å²) in [4.78, 5) is 34.5. The van der Waals surface area contributed by atoms with Gasteiger partial charge < -0.3 is 10.1 Å². The second-order valence-electron chi connectivity index (χ2n) is 5.68. The minimum absolute atomic E-state index is 0.208. The zero-order valence-corrected chi connectivity index (χ0v) is 15.5. The molecular weight excluding hydrogens is 369 g/mol. The molecule has 2 N–H and O–H groups in total. The molecule has 11 heteroatoms. The number of sulfonamides is 1. The van der Waals surface area contributed by atoms with Gasteiger partial charge >= 0.3 is 12.0 Å². The van der Waals surface area contributed by atoms with Crippen molar-refractivity contribution in [1.82, 2.24) is 14.9 Å². The number of ether oxygens (including phenoxy) is 1. The lowest BCUT2D eigenvalue weighted by molar-refractivity contribution is -0.123. The molecule has 26 heavy (non-hydrogen) atoms. The molecule has 0 aromatic heterocycles. The Labute approximate surface area is 150 Å². The maximum atomic E-state index is 13.8. The highest BCUT2D eigenvalue weighted by molar-refractivity contribution is 7.89. The molecule has 144 valence electrons. The third-order valence-electron chi connectivity index (χ3n) is 2.94. The Bertz CT molecular complexity index is 808. The predicted octanol–water partition coefficient (Wildman–Crippen LogP) is 0.467. The summed E-state index contributed by atoms with van der Waals surface area (Å²) >= 11 is 0. The molecule has 0 aliphatic carbocycles. The van der Waals surface area contributed by atoms with E-state index in [4.69, 9.17) is 0 Å². The number of nitrogens with one attached hydrogen (secondary N) is 2. The number of benzene rings is 1. The van der Waals surface area contributed by atoms with Crippen molar-refractivity contribution in [2.75, 3.05) is 20.7 Å². The first kappa shape index (κ1) is 21.5. The van der Waals surface area contributed by atoms with Gasteiger partial charge in [-0.3, -0.25) is 10.1 Å². The van der Waals surface area contributed by atoms with Gasteiger partial charge in [0.2, 0.25) is 10.0 Å². The first-order valence-corrected chi connectivity index (χ1v) is 8.88. The Morgan fingerprint density at radius 3 is 2.38 bits per heavy atom. The average Bonchev–Trinajstić information content (AvgIpc) is 2.51. The molecule has 0 saturated carbocycles. The number of urea groups is 1. The number of carbonyl (C=O) groups is 3. The lowest BCUT2D eigenvalue weighted by Gasteiger charge is -2.13. The van der Waals surface area contributed by atoms with Crippen LogP contribution in [0.5, 0.6) is 0 Å². The van der Waals surface area contributed by atoms with E-state index in [9.17, 15) is 27.2 Å². The van der Waals surface area contributed by atoms with E-state index in [-0.39, 0.29) is 10.9 Å². The van der Waals surface area contributed by atoms with Crippen LogP contribution in [0, 0.1) is 5.82 Å². The number of rotatable bonds is 6. The Kier molecular flexibility index (Phi) is 7.21. The summed E-state index contributed by atoms with van der Waals surface area (Å²) < 4.78 is 43.4. The fraction of sp³-hybridized carbons (Fsp3) is 0.400. The maximum absolute atomic E-state index is 13.8. The van der Waals surface area contributed by atoms with Crippen LogP contribution in [0.15, 0.2) is 23.1 Å². The molecule has 1 rings (SSSR count).